The molecular weight excluding hydrogens is 312 g/mol. The Morgan fingerprint density at radius 1 is 1.00 bits per heavy atom. The summed E-state index contributed by atoms with van der Waals surface area (Å²) in [4.78, 5) is 10.0. The largest absolute Gasteiger partial charge is 0.484 e. The van der Waals surface area contributed by atoms with Crippen molar-refractivity contribution in [2.45, 2.75) is 57.7 Å². The van der Waals surface area contributed by atoms with Crippen LogP contribution in [0.4, 0.5) is 0 Å². The van der Waals surface area contributed by atoms with Gasteiger partial charge >= 0.3 is 0 Å². The molecule has 1 aliphatic carbocycles. The number of hydrogen-bond acceptors (Lipinski definition) is 4. The molecular formula is C21H22N2O2. The van der Waals surface area contributed by atoms with Crippen molar-refractivity contribution in [3.8, 4) is 5.75 Å². The zero-order valence-electron chi connectivity index (χ0n) is 14.7. The van der Waals surface area contributed by atoms with E-state index in [1.54, 1.807) is 0 Å². The van der Waals surface area contributed by atoms with E-state index in [2.05, 4.69) is 12.1 Å². The molecule has 1 aliphatic heterocycles. The molecule has 0 radical (unpaired) electrons. The molecule has 1 atom stereocenters. The number of rotatable bonds is 0. The predicted octanol–water partition coefficient (Wildman–Crippen LogP) is 3.74. The molecule has 25 heavy (non-hydrogen) atoms. The first-order valence-electron chi connectivity index (χ1n) is 9.15. The Balaban J connectivity index is 1.91. The minimum absolute atomic E-state index is 0.553. The van der Waals surface area contributed by atoms with Crippen LogP contribution in [0.2, 0.25) is 0 Å². The lowest BCUT2D eigenvalue weighted by atomic mass is 9.88. The zero-order chi connectivity index (χ0) is 17.2. The van der Waals surface area contributed by atoms with Gasteiger partial charge in [-0.1, -0.05) is 24.3 Å². The third-order valence-corrected chi connectivity index (χ3v) is 5.68. The Kier molecular flexibility index (Phi) is 3.11. The average molecular weight is 334 g/mol. The Hall–Kier alpha value is -2.20. The monoisotopic (exact) mass is 334 g/mol. The van der Waals surface area contributed by atoms with Gasteiger partial charge in [-0.25, -0.2) is 9.97 Å². The normalized spacial score (nSPS) is 21.6. The van der Waals surface area contributed by atoms with E-state index in [-0.39, 0.29) is 0 Å². The van der Waals surface area contributed by atoms with Crippen LogP contribution in [0.3, 0.4) is 0 Å². The number of aliphatic hydroxyl groups excluding tert-OH is 1. The second kappa shape index (κ2) is 5.15. The van der Waals surface area contributed by atoms with Gasteiger partial charge in [0, 0.05) is 22.8 Å². The second-order valence-electron chi connectivity index (χ2n) is 7.80. The summed E-state index contributed by atoms with van der Waals surface area (Å²) in [5, 5.41) is 12.7. The van der Waals surface area contributed by atoms with Crippen LogP contribution < -0.4 is 4.74 Å². The summed E-state index contributed by atoms with van der Waals surface area (Å²) in [6.07, 6.45) is 4.37. The van der Waals surface area contributed by atoms with Crippen molar-refractivity contribution >= 4 is 21.8 Å². The maximum atomic E-state index is 10.6. The van der Waals surface area contributed by atoms with Gasteiger partial charge in [0.25, 0.3) is 0 Å². The number of benzene rings is 2. The van der Waals surface area contributed by atoms with Gasteiger partial charge in [0.05, 0.1) is 28.5 Å². The van der Waals surface area contributed by atoms with Crippen LogP contribution in [0.15, 0.2) is 24.3 Å². The van der Waals surface area contributed by atoms with Crippen molar-refractivity contribution < 1.29 is 9.84 Å². The molecule has 1 unspecified atom stereocenters. The fraction of sp³-hybridized carbons (Fsp3) is 0.429. The van der Waals surface area contributed by atoms with E-state index in [0.717, 1.165) is 57.3 Å². The molecule has 1 aromatic heterocycles. The molecule has 4 heteroatoms. The summed E-state index contributed by atoms with van der Waals surface area (Å²) in [7, 11) is 0. The third-order valence-electron chi connectivity index (χ3n) is 5.68. The molecule has 5 rings (SSSR count). The van der Waals surface area contributed by atoms with Gasteiger partial charge in [0.1, 0.15) is 11.4 Å². The van der Waals surface area contributed by atoms with Gasteiger partial charge in [0.15, 0.2) is 0 Å². The summed E-state index contributed by atoms with van der Waals surface area (Å²) in [6.45, 7) is 3.89. The topological polar surface area (TPSA) is 55.2 Å². The molecule has 1 N–H and O–H groups in total. The lowest BCUT2D eigenvalue weighted by Gasteiger charge is -2.38. The van der Waals surface area contributed by atoms with Crippen molar-refractivity contribution in [1.82, 2.24) is 9.97 Å². The highest BCUT2D eigenvalue weighted by atomic mass is 16.5. The molecule has 3 aromatic rings. The number of aliphatic hydroxyl groups is 1. The number of hydrogen-bond donors (Lipinski definition) is 1. The van der Waals surface area contributed by atoms with E-state index < -0.39 is 11.7 Å². The highest BCUT2D eigenvalue weighted by molar-refractivity contribution is 6.09. The summed E-state index contributed by atoms with van der Waals surface area (Å²) in [5.41, 5.74) is 4.51. The lowest BCUT2D eigenvalue weighted by molar-refractivity contribution is -0.0396. The van der Waals surface area contributed by atoms with Crippen LogP contribution in [0.1, 0.15) is 43.6 Å². The maximum Gasteiger partial charge on any atom is 0.133 e. The molecule has 0 saturated carbocycles. The molecule has 0 fully saturated rings. The minimum atomic E-state index is -0.606. The maximum absolute atomic E-state index is 10.6. The first-order chi connectivity index (χ1) is 12.0. The van der Waals surface area contributed by atoms with E-state index in [1.165, 1.54) is 12.8 Å². The van der Waals surface area contributed by atoms with Gasteiger partial charge < -0.3 is 9.84 Å². The third kappa shape index (κ3) is 2.17. The Morgan fingerprint density at radius 2 is 1.64 bits per heavy atom. The van der Waals surface area contributed by atoms with E-state index in [4.69, 9.17) is 14.7 Å². The van der Waals surface area contributed by atoms with Crippen LogP contribution in [-0.4, -0.2) is 26.8 Å². The first-order valence-corrected chi connectivity index (χ1v) is 9.15. The van der Waals surface area contributed by atoms with E-state index in [0.29, 0.717) is 6.42 Å². The van der Waals surface area contributed by atoms with Crippen molar-refractivity contribution in [3.63, 3.8) is 0 Å². The van der Waals surface area contributed by atoms with Gasteiger partial charge in [-0.3, -0.25) is 0 Å². The molecule has 2 aliphatic rings. The second-order valence-corrected chi connectivity index (χ2v) is 7.80. The van der Waals surface area contributed by atoms with Gasteiger partial charge in [-0.05, 0) is 39.5 Å². The molecule has 128 valence electrons. The predicted molar refractivity (Wildman–Crippen MR) is 98.1 cm³/mol. The standard InChI is InChI=1S/C21H22N2O2/c1-21(2)17(24)11-14-19-18(22-15-9-5-6-10-16(15)23-19)12-7-3-4-8-13(12)20(14)25-21/h3-4,7-8,17,24H,5-6,9-11H2,1-2H3. The number of aryl methyl sites for hydroxylation is 2. The summed E-state index contributed by atoms with van der Waals surface area (Å²) >= 11 is 0. The van der Waals surface area contributed by atoms with E-state index in [1.807, 2.05) is 26.0 Å². The van der Waals surface area contributed by atoms with Gasteiger partial charge in [-0.2, -0.15) is 0 Å². The van der Waals surface area contributed by atoms with E-state index in [9.17, 15) is 5.11 Å². The fourth-order valence-corrected chi connectivity index (χ4v) is 4.12. The number of aromatic nitrogens is 2. The Morgan fingerprint density at radius 3 is 2.36 bits per heavy atom. The molecule has 0 saturated heterocycles. The van der Waals surface area contributed by atoms with Crippen LogP contribution in [0.5, 0.6) is 5.75 Å². The van der Waals surface area contributed by atoms with Gasteiger partial charge in [-0.15, -0.1) is 0 Å². The molecule has 0 amide bonds. The first kappa shape index (κ1) is 15.1. The quantitative estimate of drug-likeness (QED) is 0.636. The van der Waals surface area contributed by atoms with Crippen LogP contribution >= 0.6 is 0 Å². The summed E-state index contributed by atoms with van der Waals surface area (Å²) < 4.78 is 6.28. The molecule has 2 aromatic carbocycles. The van der Waals surface area contributed by atoms with Gasteiger partial charge in [0.2, 0.25) is 0 Å². The minimum Gasteiger partial charge on any atom is -0.484 e. The van der Waals surface area contributed by atoms with Crippen molar-refractivity contribution in [2.24, 2.45) is 0 Å². The smallest absolute Gasteiger partial charge is 0.133 e. The summed E-state index contributed by atoms with van der Waals surface area (Å²) in [5.74, 6) is 0.864. The average Bonchev–Trinajstić information content (AvgIpc) is 2.62. The molecule has 0 spiro atoms. The van der Waals surface area contributed by atoms with Crippen LogP contribution in [0.25, 0.3) is 21.8 Å². The highest BCUT2D eigenvalue weighted by Crippen LogP contribution is 2.43. The fourth-order valence-electron chi connectivity index (χ4n) is 4.12. The number of fused-ring (bicyclic) bond motifs is 7. The van der Waals surface area contributed by atoms with Crippen molar-refractivity contribution in [1.29, 1.82) is 0 Å². The zero-order valence-corrected chi connectivity index (χ0v) is 14.7. The Labute approximate surface area is 146 Å². The summed E-state index contributed by atoms with van der Waals surface area (Å²) in [6, 6.07) is 8.26. The molecule has 0 bridgehead atoms. The van der Waals surface area contributed by atoms with Crippen molar-refractivity contribution in [3.05, 3.63) is 41.2 Å². The number of nitrogens with zero attached hydrogens (tertiary/aromatic N) is 2. The number of ether oxygens (including phenoxy) is 1. The molecule has 4 nitrogen and oxygen atoms in total. The molecule has 2 heterocycles. The van der Waals surface area contributed by atoms with E-state index >= 15 is 0 Å². The van der Waals surface area contributed by atoms with Crippen LogP contribution in [0, 0.1) is 0 Å². The lowest BCUT2D eigenvalue weighted by Crippen LogP contribution is -2.46. The van der Waals surface area contributed by atoms with Crippen LogP contribution in [-0.2, 0) is 19.3 Å². The SMILES string of the molecule is CC1(C)Oc2c(c3nc4c(nc3c3ccccc23)CCCC4)CC1O. The Bertz CT molecular complexity index is 1010. The highest BCUT2D eigenvalue weighted by Gasteiger charge is 2.38. The van der Waals surface area contributed by atoms with Crippen molar-refractivity contribution in [2.75, 3.05) is 0 Å².